The lowest BCUT2D eigenvalue weighted by atomic mass is 10.1. The maximum Gasteiger partial charge on any atom is 0.0701 e. The molecule has 0 aliphatic heterocycles. The highest BCUT2D eigenvalue weighted by molar-refractivity contribution is 7.10. The van der Waals surface area contributed by atoms with Gasteiger partial charge in [0.1, 0.15) is 0 Å². The Morgan fingerprint density at radius 2 is 2.47 bits per heavy atom. The van der Waals surface area contributed by atoms with Crippen molar-refractivity contribution in [2.24, 2.45) is 7.05 Å². The van der Waals surface area contributed by atoms with Crippen LogP contribution in [0.2, 0.25) is 0 Å². The van der Waals surface area contributed by atoms with E-state index in [1.807, 2.05) is 17.9 Å². The molecule has 1 atom stereocenters. The van der Waals surface area contributed by atoms with E-state index in [9.17, 15) is 0 Å². The molecular formula is C11H15N3S. The van der Waals surface area contributed by atoms with Crippen LogP contribution in [0.15, 0.2) is 29.9 Å². The topological polar surface area (TPSA) is 29.9 Å². The molecular weight excluding hydrogens is 206 g/mol. The minimum absolute atomic E-state index is 0.281. The van der Waals surface area contributed by atoms with E-state index in [0.29, 0.717) is 0 Å². The number of hydrogen-bond acceptors (Lipinski definition) is 3. The lowest BCUT2D eigenvalue weighted by Gasteiger charge is -2.14. The maximum atomic E-state index is 4.21. The van der Waals surface area contributed by atoms with E-state index in [1.165, 1.54) is 10.4 Å². The van der Waals surface area contributed by atoms with Gasteiger partial charge in [-0.3, -0.25) is 4.68 Å². The summed E-state index contributed by atoms with van der Waals surface area (Å²) in [5, 5.41) is 9.79. The van der Waals surface area contributed by atoms with Crippen LogP contribution in [0.3, 0.4) is 0 Å². The van der Waals surface area contributed by atoms with E-state index in [-0.39, 0.29) is 6.04 Å². The van der Waals surface area contributed by atoms with Gasteiger partial charge in [0.2, 0.25) is 0 Å². The summed E-state index contributed by atoms with van der Waals surface area (Å²) >= 11 is 1.78. The zero-order valence-electron chi connectivity index (χ0n) is 8.97. The molecule has 80 valence electrons. The highest BCUT2D eigenvalue weighted by atomic mass is 32.1. The Morgan fingerprint density at radius 3 is 3.00 bits per heavy atom. The summed E-state index contributed by atoms with van der Waals surface area (Å²) in [4.78, 5) is 1.34. The second-order valence-corrected chi connectivity index (χ2v) is 4.43. The van der Waals surface area contributed by atoms with Crippen molar-refractivity contribution in [3.63, 3.8) is 0 Å². The standard InChI is InChI=1S/C11H15N3S/c1-3-12-11(10-5-4-6-15-10)9-7-13-14(2)8-9/h4-8,11-12H,3H2,1-2H3. The predicted octanol–water partition coefficient (Wildman–Crippen LogP) is 2.18. The minimum Gasteiger partial charge on any atom is -0.306 e. The van der Waals surface area contributed by atoms with Crippen LogP contribution in [-0.2, 0) is 7.05 Å². The van der Waals surface area contributed by atoms with Crippen LogP contribution in [0, 0.1) is 0 Å². The van der Waals surface area contributed by atoms with Crippen molar-refractivity contribution in [1.29, 1.82) is 0 Å². The van der Waals surface area contributed by atoms with Gasteiger partial charge < -0.3 is 5.32 Å². The van der Waals surface area contributed by atoms with Gasteiger partial charge in [0.15, 0.2) is 0 Å². The third kappa shape index (κ3) is 2.27. The fourth-order valence-corrected chi connectivity index (χ4v) is 2.46. The maximum absolute atomic E-state index is 4.21. The van der Waals surface area contributed by atoms with Crippen molar-refractivity contribution in [1.82, 2.24) is 15.1 Å². The van der Waals surface area contributed by atoms with Crippen LogP contribution < -0.4 is 5.32 Å². The third-order valence-electron chi connectivity index (χ3n) is 2.29. The minimum atomic E-state index is 0.281. The van der Waals surface area contributed by atoms with Crippen molar-refractivity contribution in [3.8, 4) is 0 Å². The molecule has 0 radical (unpaired) electrons. The Labute approximate surface area is 93.7 Å². The molecule has 2 aromatic rings. The number of nitrogens with zero attached hydrogens (tertiary/aromatic N) is 2. The number of aromatic nitrogens is 2. The van der Waals surface area contributed by atoms with Crippen LogP contribution >= 0.6 is 11.3 Å². The van der Waals surface area contributed by atoms with Gasteiger partial charge in [-0.15, -0.1) is 11.3 Å². The Bertz CT molecular complexity index is 405. The van der Waals surface area contributed by atoms with Gasteiger partial charge in [-0.05, 0) is 18.0 Å². The molecule has 15 heavy (non-hydrogen) atoms. The van der Waals surface area contributed by atoms with Gasteiger partial charge in [-0.2, -0.15) is 5.10 Å². The molecule has 0 saturated carbocycles. The average Bonchev–Trinajstić information content (AvgIpc) is 2.85. The Hall–Kier alpha value is -1.13. The molecule has 3 nitrogen and oxygen atoms in total. The lowest BCUT2D eigenvalue weighted by molar-refractivity contribution is 0.638. The molecule has 0 aliphatic carbocycles. The summed E-state index contributed by atoms with van der Waals surface area (Å²) in [6.07, 6.45) is 3.99. The van der Waals surface area contributed by atoms with E-state index in [4.69, 9.17) is 0 Å². The summed E-state index contributed by atoms with van der Waals surface area (Å²) in [7, 11) is 1.95. The van der Waals surface area contributed by atoms with Crippen molar-refractivity contribution < 1.29 is 0 Å². The zero-order chi connectivity index (χ0) is 10.7. The first-order valence-corrected chi connectivity index (χ1v) is 5.94. The number of hydrogen-bond donors (Lipinski definition) is 1. The molecule has 2 aromatic heterocycles. The van der Waals surface area contributed by atoms with Crippen molar-refractivity contribution >= 4 is 11.3 Å². The van der Waals surface area contributed by atoms with Crippen LogP contribution in [0.4, 0.5) is 0 Å². The van der Waals surface area contributed by atoms with Crippen LogP contribution in [0.5, 0.6) is 0 Å². The summed E-state index contributed by atoms with van der Waals surface area (Å²) in [6, 6.07) is 4.52. The van der Waals surface area contributed by atoms with E-state index >= 15 is 0 Å². The zero-order valence-corrected chi connectivity index (χ0v) is 9.79. The fraction of sp³-hybridized carbons (Fsp3) is 0.364. The largest absolute Gasteiger partial charge is 0.306 e. The van der Waals surface area contributed by atoms with E-state index < -0.39 is 0 Å². The van der Waals surface area contributed by atoms with Gasteiger partial charge in [0, 0.05) is 23.7 Å². The van der Waals surface area contributed by atoms with Gasteiger partial charge in [0.05, 0.1) is 12.2 Å². The number of thiophene rings is 1. The molecule has 0 spiro atoms. The molecule has 2 heterocycles. The summed E-state index contributed by atoms with van der Waals surface area (Å²) in [5.74, 6) is 0. The quantitative estimate of drug-likeness (QED) is 0.857. The van der Waals surface area contributed by atoms with Crippen LogP contribution in [-0.4, -0.2) is 16.3 Å². The average molecular weight is 221 g/mol. The van der Waals surface area contributed by atoms with Crippen molar-refractivity contribution in [2.75, 3.05) is 6.54 Å². The summed E-state index contributed by atoms with van der Waals surface area (Å²) in [5.41, 5.74) is 1.22. The van der Waals surface area contributed by atoms with Gasteiger partial charge in [-0.1, -0.05) is 13.0 Å². The number of rotatable bonds is 4. The smallest absolute Gasteiger partial charge is 0.0701 e. The van der Waals surface area contributed by atoms with Gasteiger partial charge >= 0.3 is 0 Å². The molecule has 4 heteroatoms. The molecule has 2 rings (SSSR count). The van der Waals surface area contributed by atoms with Crippen LogP contribution in [0.1, 0.15) is 23.4 Å². The molecule has 0 bridgehead atoms. The van der Waals surface area contributed by atoms with E-state index in [0.717, 1.165) is 6.54 Å². The predicted molar refractivity (Wildman–Crippen MR) is 63.0 cm³/mol. The lowest BCUT2D eigenvalue weighted by Crippen LogP contribution is -2.20. The first-order valence-electron chi connectivity index (χ1n) is 5.06. The molecule has 1 unspecified atom stereocenters. The summed E-state index contributed by atoms with van der Waals surface area (Å²) in [6.45, 7) is 3.08. The van der Waals surface area contributed by atoms with Crippen molar-refractivity contribution in [3.05, 3.63) is 40.3 Å². The molecule has 0 aliphatic rings. The first kappa shape index (κ1) is 10.4. The Balaban J connectivity index is 2.27. The number of aryl methyl sites for hydroxylation is 1. The normalized spacial score (nSPS) is 12.9. The molecule has 0 amide bonds. The summed E-state index contributed by atoms with van der Waals surface area (Å²) < 4.78 is 1.84. The molecule has 0 saturated heterocycles. The second-order valence-electron chi connectivity index (χ2n) is 3.45. The van der Waals surface area contributed by atoms with Crippen LogP contribution in [0.25, 0.3) is 0 Å². The Morgan fingerprint density at radius 1 is 1.60 bits per heavy atom. The first-order chi connectivity index (χ1) is 7.31. The second kappa shape index (κ2) is 4.59. The monoisotopic (exact) mass is 221 g/mol. The molecule has 0 fully saturated rings. The van der Waals surface area contributed by atoms with E-state index in [1.54, 1.807) is 11.3 Å². The van der Waals surface area contributed by atoms with Gasteiger partial charge in [-0.25, -0.2) is 0 Å². The van der Waals surface area contributed by atoms with E-state index in [2.05, 4.69) is 41.0 Å². The fourth-order valence-electron chi connectivity index (χ4n) is 1.63. The van der Waals surface area contributed by atoms with Gasteiger partial charge in [0.25, 0.3) is 0 Å². The van der Waals surface area contributed by atoms with Crippen molar-refractivity contribution in [2.45, 2.75) is 13.0 Å². The number of nitrogens with one attached hydrogen (secondary N) is 1. The highest BCUT2D eigenvalue weighted by Gasteiger charge is 2.14. The highest BCUT2D eigenvalue weighted by Crippen LogP contribution is 2.25. The SMILES string of the molecule is CCNC(c1cnn(C)c1)c1cccs1. The third-order valence-corrected chi connectivity index (χ3v) is 3.23. The molecule has 0 aromatic carbocycles. The Kier molecular flexibility index (Phi) is 3.18. The molecule has 1 N–H and O–H groups in total.